The first-order valence-corrected chi connectivity index (χ1v) is 10.6. The Morgan fingerprint density at radius 1 is 1.24 bits per heavy atom. The van der Waals surface area contributed by atoms with E-state index in [2.05, 4.69) is 19.8 Å². The second-order valence-electron chi connectivity index (χ2n) is 8.25. The summed E-state index contributed by atoms with van der Waals surface area (Å²) in [6.45, 7) is -0.0487. The highest BCUT2D eigenvalue weighted by molar-refractivity contribution is 6.32. The first-order valence-electron chi connectivity index (χ1n) is 10.2. The number of hydrogen-bond acceptors (Lipinski definition) is 5. The largest absolute Gasteiger partial charge is 0.573 e. The van der Waals surface area contributed by atoms with E-state index in [9.17, 15) is 27.9 Å². The van der Waals surface area contributed by atoms with Gasteiger partial charge in [-0.05, 0) is 25.0 Å². The highest BCUT2D eigenvalue weighted by Crippen LogP contribution is 2.47. The average Bonchev–Trinajstić information content (AvgIpc) is 3.45. The highest BCUT2D eigenvalue weighted by Gasteiger charge is 2.51. The Kier molecular flexibility index (Phi) is 5.05. The van der Waals surface area contributed by atoms with E-state index in [1.807, 2.05) is 0 Å². The maximum atomic E-state index is 13.0. The maximum absolute atomic E-state index is 13.0. The minimum absolute atomic E-state index is 0.0487. The number of halogens is 4. The van der Waals surface area contributed by atoms with Crippen molar-refractivity contribution in [3.63, 3.8) is 0 Å². The number of carboxylic acids is 1. The molecule has 12 heteroatoms. The van der Waals surface area contributed by atoms with Crippen LogP contribution in [0.4, 0.5) is 13.2 Å². The fourth-order valence-electron chi connectivity index (χ4n) is 3.93. The number of fused-ring (bicyclic) bond motifs is 2. The van der Waals surface area contributed by atoms with Gasteiger partial charge >= 0.3 is 12.3 Å². The van der Waals surface area contributed by atoms with E-state index in [0.29, 0.717) is 40.6 Å². The third kappa shape index (κ3) is 4.07. The molecule has 0 unspecified atom stereocenters. The molecular formula is C22H16ClF3N4O4. The lowest BCUT2D eigenvalue weighted by molar-refractivity contribution is -0.274. The first kappa shape index (κ1) is 22.2. The van der Waals surface area contributed by atoms with Gasteiger partial charge in [0.25, 0.3) is 5.56 Å². The molecule has 0 bridgehead atoms. The van der Waals surface area contributed by atoms with Crippen molar-refractivity contribution in [2.24, 2.45) is 5.41 Å². The van der Waals surface area contributed by atoms with Gasteiger partial charge in [-0.25, -0.2) is 9.67 Å². The van der Waals surface area contributed by atoms with Crippen molar-refractivity contribution in [2.75, 3.05) is 0 Å². The highest BCUT2D eigenvalue weighted by atomic mass is 35.5. The predicted octanol–water partition coefficient (Wildman–Crippen LogP) is 4.28. The van der Waals surface area contributed by atoms with Crippen molar-refractivity contribution >= 4 is 39.4 Å². The van der Waals surface area contributed by atoms with Gasteiger partial charge < -0.3 is 14.8 Å². The Balaban J connectivity index is 1.55. The van der Waals surface area contributed by atoms with Gasteiger partial charge in [-0.2, -0.15) is 5.10 Å². The number of nitrogens with zero attached hydrogens (tertiary/aromatic N) is 3. The summed E-state index contributed by atoms with van der Waals surface area (Å²) in [4.78, 5) is 31.9. The van der Waals surface area contributed by atoms with E-state index >= 15 is 0 Å². The Bertz CT molecular complexity index is 1510. The number of ether oxygens (including phenoxy) is 1. The molecule has 2 aromatic carbocycles. The Morgan fingerprint density at radius 3 is 2.59 bits per heavy atom. The lowest BCUT2D eigenvalue weighted by Crippen LogP contribution is -2.32. The van der Waals surface area contributed by atoms with Crippen LogP contribution in [-0.4, -0.2) is 37.2 Å². The number of carboxylic acid groups (broad SMARTS) is 1. The molecule has 0 saturated heterocycles. The van der Waals surface area contributed by atoms with Crippen molar-refractivity contribution in [2.45, 2.75) is 32.2 Å². The van der Waals surface area contributed by atoms with Gasteiger partial charge in [-0.1, -0.05) is 29.8 Å². The Morgan fingerprint density at radius 2 is 1.94 bits per heavy atom. The number of nitrogens with one attached hydrogen (secondary N) is 1. The molecule has 0 atom stereocenters. The molecule has 0 aliphatic heterocycles. The minimum atomic E-state index is -4.90. The number of H-pyrrole nitrogens is 1. The van der Waals surface area contributed by atoms with Crippen LogP contribution in [-0.2, 0) is 17.8 Å². The molecule has 8 nitrogen and oxygen atoms in total. The number of benzene rings is 2. The zero-order valence-corrected chi connectivity index (χ0v) is 18.1. The predicted molar refractivity (Wildman–Crippen MR) is 116 cm³/mol. The first-order chi connectivity index (χ1) is 16.0. The molecule has 2 N–H and O–H groups in total. The summed E-state index contributed by atoms with van der Waals surface area (Å²) in [5, 5.41) is 14.7. The smallest absolute Gasteiger partial charge is 0.481 e. The molecule has 0 spiro atoms. The van der Waals surface area contributed by atoms with Gasteiger partial charge in [-0.3, -0.25) is 9.59 Å². The summed E-state index contributed by atoms with van der Waals surface area (Å²) in [7, 11) is 0. The molecule has 2 aromatic heterocycles. The fourth-order valence-corrected chi connectivity index (χ4v) is 4.13. The SMILES string of the molecule is O=C(O)C1(Cn2nc(Cc3nc4cc(Cl)c(OC(F)(F)F)cc4[nH]3)c3ccccc3c2=O)CC1. The number of rotatable bonds is 6. The molecule has 4 aromatic rings. The van der Waals surface area contributed by atoms with Gasteiger partial charge in [0.2, 0.25) is 0 Å². The van der Waals surface area contributed by atoms with Crippen LogP contribution in [0.3, 0.4) is 0 Å². The van der Waals surface area contributed by atoms with Gasteiger partial charge in [0.15, 0.2) is 0 Å². The number of imidazole rings is 1. The zero-order valence-electron chi connectivity index (χ0n) is 17.3. The van der Waals surface area contributed by atoms with Crippen molar-refractivity contribution in [3.05, 3.63) is 63.3 Å². The molecule has 176 valence electrons. The van der Waals surface area contributed by atoms with E-state index < -0.39 is 29.1 Å². The van der Waals surface area contributed by atoms with E-state index in [0.717, 1.165) is 6.07 Å². The standard InChI is InChI=1S/C22H16ClF3N4O4/c23-13-7-15-16(8-17(13)34-22(24,25)26)28-18(27-15)9-14-11-3-1-2-4-12(11)19(31)30(29-14)10-21(5-6-21)20(32)33/h1-4,7-8H,5-6,9-10H2,(H,27,28)(H,32,33). The van der Waals surface area contributed by atoms with Gasteiger partial charge in [0.05, 0.1) is 45.5 Å². The number of aromatic amines is 1. The van der Waals surface area contributed by atoms with E-state index in [4.69, 9.17) is 11.6 Å². The Labute approximate surface area is 193 Å². The number of alkyl halides is 3. The summed E-state index contributed by atoms with van der Waals surface area (Å²) in [6, 6.07) is 9.18. The lowest BCUT2D eigenvalue weighted by Gasteiger charge is -2.14. The van der Waals surface area contributed by atoms with E-state index in [-0.39, 0.29) is 23.5 Å². The van der Waals surface area contributed by atoms with Crippen LogP contribution in [0.5, 0.6) is 5.75 Å². The number of hydrogen-bond donors (Lipinski definition) is 2. The molecule has 0 radical (unpaired) electrons. The minimum Gasteiger partial charge on any atom is -0.481 e. The summed E-state index contributed by atoms with van der Waals surface area (Å²) in [5.74, 6) is -1.16. The molecule has 34 heavy (non-hydrogen) atoms. The topological polar surface area (TPSA) is 110 Å². The number of aromatic nitrogens is 4. The maximum Gasteiger partial charge on any atom is 0.573 e. The van der Waals surface area contributed by atoms with E-state index in [1.54, 1.807) is 24.3 Å². The summed E-state index contributed by atoms with van der Waals surface area (Å²) in [6.07, 6.45) is -3.86. The van der Waals surface area contributed by atoms with Crippen LogP contribution >= 0.6 is 11.6 Å². The van der Waals surface area contributed by atoms with Crippen LogP contribution in [0, 0.1) is 5.41 Å². The van der Waals surface area contributed by atoms with E-state index in [1.165, 1.54) is 10.7 Å². The zero-order chi connectivity index (χ0) is 24.3. The monoisotopic (exact) mass is 492 g/mol. The normalized spacial score (nSPS) is 15.1. The summed E-state index contributed by atoms with van der Waals surface area (Å²) < 4.78 is 43.0. The molecule has 1 fully saturated rings. The summed E-state index contributed by atoms with van der Waals surface area (Å²) in [5.41, 5.74) is -0.318. The van der Waals surface area contributed by atoms with Crippen LogP contribution in [0.15, 0.2) is 41.2 Å². The number of carbonyl (C=O) groups is 1. The third-order valence-corrected chi connectivity index (χ3v) is 6.14. The molecule has 2 heterocycles. The summed E-state index contributed by atoms with van der Waals surface area (Å²) >= 11 is 5.91. The fraction of sp³-hybridized carbons (Fsp3) is 0.273. The van der Waals surface area contributed by atoms with Crippen molar-refractivity contribution in [1.82, 2.24) is 19.7 Å². The number of aliphatic carboxylic acids is 1. The third-order valence-electron chi connectivity index (χ3n) is 5.85. The second kappa shape index (κ2) is 7.73. The van der Waals surface area contributed by atoms with Gasteiger partial charge in [0.1, 0.15) is 11.6 Å². The van der Waals surface area contributed by atoms with Crippen molar-refractivity contribution < 1.29 is 27.8 Å². The van der Waals surface area contributed by atoms with Crippen LogP contribution in [0.25, 0.3) is 21.8 Å². The van der Waals surface area contributed by atoms with Gasteiger partial charge in [-0.15, -0.1) is 13.2 Å². The molecule has 1 aliphatic carbocycles. The molecule has 1 aliphatic rings. The van der Waals surface area contributed by atoms with Crippen LogP contribution < -0.4 is 10.3 Å². The Hall–Kier alpha value is -3.60. The molecule has 1 saturated carbocycles. The van der Waals surface area contributed by atoms with Crippen molar-refractivity contribution in [3.8, 4) is 5.75 Å². The lowest BCUT2D eigenvalue weighted by atomic mass is 10.1. The molecule has 5 rings (SSSR count). The second-order valence-corrected chi connectivity index (χ2v) is 8.66. The van der Waals surface area contributed by atoms with Gasteiger partial charge in [0, 0.05) is 11.5 Å². The molecular weight excluding hydrogens is 477 g/mol. The van der Waals surface area contributed by atoms with Crippen molar-refractivity contribution in [1.29, 1.82) is 0 Å². The van der Waals surface area contributed by atoms with Crippen LogP contribution in [0.1, 0.15) is 24.4 Å². The molecule has 0 amide bonds. The average molecular weight is 493 g/mol. The van der Waals surface area contributed by atoms with Crippen LogP contribution in [0.2, 0.25) is 5.02 Å². The quantitative estimate of drug-likeness (QED) is 0.416.